The second-order valence-electron chi connectivity index (χ2n) is 5.71. The van der Waals surface area contributed by atoms with Crippen molar-refractivity contribution in [1.29, 1.82) is 0 Å². The molecule has 1 aliphatic carbocycles. The van der Waals surface area contributed by atoms with E-state index in [1.807, 2.05) is 6.07 Å². The number of rotatable bonds is 5. The summed E-state index contributed by atoms with van der Waals surface area (Å²) < 4.78 is 11.3. The number of ether oxygens (including phenoxy) is 2. The molecule has 0 amide bonds. The van der Waals surface area contributed by atoms with Gasteiger partial charge in [0.15, 0.2) is 11.5 Å². The molecule has 0 spiro atoms. The highest BCUT2D eigenvalue weighted by molar-refractivity contribution is 5.44. The highest BCUT2D eigenvalue weighted by Gasteiger charge is 2.23. The molecule has 3 heteroatoms. The van der Waals surface area contributed by atoms with Crippen molar-refractivity contribution in [2.75, 3.05) is 26.8 Å². The van der Waals surface area contributed by atoms with E-state index in [1.165, 1.54) is 31.2 Å². The maximum absolute atomic E-state index is 5.94. The van der Waals surface area contributed by atoms with Gasteiger partial charge in [-0.15, -0.1) is 0 Å². The Labute approximate surface area is 115 Å². The first-order chi connectivity index (χ1) is 9.36. The predicted molar refractivity (Wildman–Crippen MR) is 76.1 cm³/mol. The minimum atomic E-state index is 0.614. The van der Waals surface area contributed by atoms with Crippen LogP contribution in [-0.4, -0.2) is 26.8 Å². The molecular weight excluding hydrogens is 238 g/mol. The van der Waals surface area contributed by atoms with Crippen molar-refractivity contribution in [3.05, 3.63) is 23.8 Å². The van der Waals surface area contributed by atoms with Gasteiger partial charge >= 0.3 is 0 Å². The maximum atomic E-state index is 5.94. The Bertz CT molecular complexity index is 423. The summed E-state index contributed by atoms with van der Waals surface area (Å²) in [5.74, 6) is 3.15. The van der Waals surface area contributed by atoms with Gasteiger partial charge in [0.2, 0.25) is 0 Å². The van der Waals surface area contributed by atoms with Gasteiger partial charge in [0.05, 0.1) is 13.7 Å². The molecule has 3 rings (SSSR count). The van der Waals surface area contributed by atoms with Gasteiger partial charge in [-0.3, -0.25) is 0 Å². The van der Waals surface area contributed by atoms with Gasteiger partial charge in [-0.1, -0.05) is 6.07 Å². The molecule has 2 aliphatic rings. The van der Waals surface area contributed by atoms with E-state index in [0.717, 1.165) is 37.1 Å². The molecule has 1 N–H and O–H groups in total. The van der Waals surface area contributed by atoms with Crippen LogP contribution in [0.15, 0.2) is 18.2 Å². The summed E-state index contributed by atoms with van der Waals surface area (Å²) in [6.07, 6.45) is 5.15. The van der Waals surface area contributed by atoms with E-state index in [-0.39, 0.29) is 0 Å². The number of hydrogen-bond donors (Lipinski definition) is 1. The Hall–Kier alpha value is -1.22. The largest absolute Gasteiger partial charge is 0.493 e. The fourth-order valence-electron chi connectivity index (χ4n) is 2.69. The molecule has 1 atom stereocenters. The van der Waals surface area contributed by atoms with Gasteiger partial charge in [-0.05, 0) is 61.8 Å². The molecule has 2 fully saturated rings. The molecule has 0 bridgehead atoms. The highest BCUT2D eigenvalue weighted by atomic mass is 16.5. The monoisotopic (exact) mass is 261 g/mol. The number of piperidine rings is 1. The Morgan fingerprint density at radius 1 is 1.21 bits per heavy atom. The summed E-state index contributed by atoms with van der Waals surface area (Å²) in [6.45, 7) is 3.06. The second-order valence-corrected chi connectivity index (χ2v) is 5.71. The zero-order chi connectivity index (χ0) is 13.1. The van der Waals surface area contributed by atoms with Crippen LogP contribution in [0.5, 0.6) is 11.5 Å². The van der Waals surface area contributed by atoms with Crippen LogP contribution < -0.4 is 14.8 Å². The minimum absolute atomic E-state index is 0.614. The van der Waals surface area contributed by atoms with Gasteiger partial charge in [-0.25, -0.2) is 0 Å². The molecule has 19 heavy (non-hydrogen) atoms. The normalized spacial score (nSPS) is 23.1. The smallest absolute Gasteiger partial charge is 0.161 e. The Morgan fingerprint density at radius 2 is 2.11 bits per heavy atom. The zero-order valence-corrected chi connectivity index (χ0v) is 11.7. The first-order valence-corrected chi connectivity index (χ1v) is 7.38. The molecule has 1 saturated heterocycles. The molecule has 1 saturated carbocycles. The van der Waals surface area contributed by atoms with E-state index in [1.54, 1.807) is 7.11 Å². The van der Waals surface area contributed by atoms with Crippen molar-refractivity contribution in [2.45, 2.75) is 31.6 Å². The van der Waals surface area contributed by atoms with E-state index in [9.17, 15) is 0 Å². The lowest BCUT2D eigenvalue weighted by molar-refractivity contribution is 0.279. The summed E-state index contributed by atoms with van der Waals surface area (Å²) in [6, 6.07) is 6.41. The summed E-state index contributed by atoms with van der Waals surface area (Å²) in [4.78, 5) is 0. The van der Waals surface area contributed by atoms with E-state index >= 15 is 0 Å². The molecule has 1 heterocycles. The van der Waals surface area contributed by atoms with Gasteiger partial charge in [0.1, 0.15) is 0 Å². The Kier molecular flexibility index (Phi) is 3.92. The lowest BCUT2D eigenvalue weighted by Gasteiger charge is -2.24. The van der Waals surface area contributed by atoms with Crippen LogP contribution in [0.1, 0.15) is 37.2 Å². The van der Waals surface area contributed by atoms with Crippen LogP contribution in [0.25, 0.3) is 0 Å². The molecular formula is C16H23NO2. The van der Waals surface area contributed by atoms with Crippen molar-refractivity contribution in [2.24, 2.45) is 5.92 Å². The third-order valence-corrected chi connectivity index (χ3v) is 4.13. The maximum Gasteiger partial charge on any atom is 0.161 e. The lowest BCUT2D eigenvalue weighted by Crippen LogP contribution is -2.28. The standard InChI is InChI=1S/C16H23NO2/c1-18-15-7-6-13(14-3-2-8-17-10-14)9-16(15)19-11-12-4-5-12/h6-7,9,12,14,17H,2-5,8,10-11H2,1H3. The lowest BCUT2D eigenvalue weighted by atomic mass is 9.91. The van der Waals surface area contributed by atoms with Crippen LogP contribution in [-0.2, 0) is 0 Å². The molecule has 1 aromatic rings. The minimum Gasteiger partial charge on any atom is -0.493 e. The molecule has 0 aromatic heterocycles. The predicted octanol–water partition coefficient (Wildman–Crippen LogP) is 2.95. The average Bonchev–Trinajstić information content (AvgIpc) is 3.30. The SMILES string of the molecule is COc1ccc(C2CCCNC2)cc1OCC1CC1. The molecule has 3 nitrogen and oxygen atoms in total. The summed E-state index contributed by atoms with van der Waals surface area (Å²) in [5, 5.41) is 3.47. The molecule has 1 aromatic carbocycles. The van der Waals surface area contributed by atoms with Crippen LogP contribution in [0.3, 0.4) is 0 Å². The van der Waals surface area contributed by atoms with E-state index in [0.29, 0.717) is 5.92 Å². The van der Waals surface area contributed by atoms with Crippen molar-refractivity contribution in [3.8, 4) is 11.5 Å². The number of hydrogen-bond acceptors (Lipinski definition) is 3. The first-order valence-electron chi connectivity index (χ1n) is 7.38. The molecule has 1 aliphatic heterocycles. The van der Waals surface area contributed by atoms with Gasteiger partial charge in [0, 0.05) is 6.54 Å². The van der Waals surface area contributed by atoms with Crippen molar-refractivity contribution < 1.29 is 9.47 Å². The van der Waals surface area contributed by atoms with Crippen molar-refractivity contribution >= 4 is 0 Å². The van der Waals surface area contributed by atoms with Gasteiger partial charge < -0.3 is 14.8 Å². The third kappa shape index (κ3) is 3.21. The second kappa shape index (κ2) is 5.83. The fraction of sp³-hybridized carbons (Fsp3) is 0.625. The molecule has 1 unspecified atom stereocenters. The first kappa shape index (κ1) is 12.8. The van der Waals surface area contributed by atoms with E-state index in [2.05, 4.69) is 17.4 Å². The summed E-state index contributed by atoms with van der Waals surface area (Å²) in [5.41, 5.74) is 1.37. The number of methoxy groups -OCH3 is 1. The van der Waals surface area contributed by atoms with Crippen molar-refractivity contribution in [3.63, 3.8) is 0 Å². The average molecular weight is 261 g/mol. The van der Waals surface area contributed by atoms with Crippen molar-refractivity contribution in [1.82, 2.24) is 5.32 Å². The van der Waals surface area contributed by atoms with E-state index < -0.39 is 0 Å². The van der Waals surface area contributed by atoms with Gasteiger partial charge in [-0.2, -0.15) is 0 Å². The van der Waals surface area contributed by atoms with Crippen LogP contribution in [0.2, 0.25) is 0 Å². The van der Waals surface area contributed by atoms with Crippen LogP contribution in [0, 0.1) is 5.92 Å². The quantitative estimate of drug-likeness (QED) is 0.884. The van der Waals surface area contributed by atoms with Crippen LogP contribution in [0.4, 0.5) is 0 Å². The highest BCUT2D eigenvalue weighted by Crippen LogP contribution is 2.35. The molecule has 0 radical (unpaired) electrons. The fourth-order valence-corrected chi connectivity index (χ4v) is 2.69. The topological polar surface area (TPSA) is 30.5 Å². The zero-order valence-electron chi connectivity index (χ0n) is 11.7. The molecule has 104 valence electrons. The summed E-state index contributed by atoms with van der Waals surface area (Å²) in [7, 11) is 1.71. The van der Waals surface area contributed by atoms with Gasteiger partial charge in [0.25, 0.3) is 0 Å². The Morgan fingerprint density at radius 3 is 2.79 bits per heavy atom. The summed E-state index contributed by atoms with van der Waals surface area (Å²) >= 11 is 0. The number of nitrogens with one attached hydrogen (secondary N) is 1. The van der Waals surface area contributed by atoms with E-state index in [4.69, 9.17) is 9.47 Å². The third-order valence-electron chi connectivity index (χ3n) is 4.13. The van der Waals surface area contributed by atoms with Crippen LogP contribution >= 0.6 is 0 Å². The Balaban J connectivity index is 1.74. The number of benzene rings is 1.